The molecule has 0 spiro atoms. The van der Waals surface area contributed by atoms with Crippen LogP contribution in [0.25, 0.3) is 0 Å². The molecule has 4 rings (SSSR count). The molecule has 2 atom stereocenters. The maximum absolute atomic E-state index is 12.7. The molecule has 2 aliphatic heterocycles. The van der Waals surface area contributed by atoms with Crippen molar-refractivity contribution in [1.82, 2.24) is 25.5 Å². The normalized spacial score (nSPS) is 23.0. The Morgan fingerprint density at radius 1 is 1.29 bits per heavy atom. The van der Waals surface area contributed by atoms with Gasteiger partial charge in [0.15, 0.2) is 5.82 Å². The molecule has 0 saturated carbocycles. The number of benzene rings is 1. The van der Waals surface area contributed by atoms with Gasteiger partial charge in [-0.15, -0.1) is 11.6 Å². The first-order chi connectivity index (χ1) is 11.7. The zero-order chi connectivity index (χ0) is 16.5. The van der Waals surface area contributed by atoms with E-state index in [1.54, 1.807) is 11.1 Å². The van der Waals surface area contributed by atoms with Crippen molar-refractivity contribution in [3.8, 4) is 0 Å². The van der Waals surface area contributed by atoms with Gasteiger partial charge >= 0.3 is 0 Å². The van der Waals surface area contributed by atoms with E-state index in [0.717, 1.165) is 0 Å². The number of nitrogens with zero attached hydrogens (tertiary/aromatic N) is 4. The highest BCUT2D eigenvalue weighted by Crippen LogP contribution is 2.30. The van der Waals surface area contributed by atoms with Crippen LogP contribution in [-0.2, 0) is 17.2 Å². The lowest BCUT2D eigenvalue weighted by Crippen LogP contribution is -2.47. The number of aromatic nitrogens is 2. The monoisotopic (exact) mass is 345 g/mol. The van der Waals surface area contributed by atoms with Gasteiger partial charge in [0.1, 0.15) is 11.9 Å². The number of hydrogen-bond acceptors (Lipinski definition) is 6. The molecule has 1 fully saturated rings. The predicted molar refractivity (Wildman–Crippen MR) is 86.1 cm³/mol. The number of hydrogen-bond donors (Lipinski definition) is 1. The minimum atomic E-state index is -0.236. The predicted octanol–water partition coefficient (Wildman–Crippen LogP) is 1.94. The van der Waals surface area contributed by atoms with Gasteiger partial charge in [-0.3, -0.25) is 4.79 Å². The van der Waals surface area contributed by atoms with Crippen LogP contribution >= 0.6 is 11.6 Å². The Morgan fingerprint density at radius 2 is 2.12 bits per heavy atom. The van der Waals surface area contributed by atoms with Crippen LogP contribution < -0.4 is 5.43 Å². The third-order valence-corrected chi connectivity index (χ3v) is 4.44. The van der Waals surface area contributed by atoms with Crippen molar-refractivity contribution < 1.29 is 9.32 Å². The number of alkyl halides is 1. The van der Waals surface area contributed by atoms with Crippen LogP contribution in [0.1, 0.15) is 29.7 Å². The van der Waals surface area contributed by atoms with Crippen LogP contribution in [-0.4, -0.2) is 32.0 Å². The van der Waals surface area contributed by atoms with Gasteiger partial charge < -0.3 is 14.4 Å². The van der Waals surface area contributed by atoms with Crippen LogP contribution in [0, 0.1) is 0 Å². The molecule has 1 aromatic heterocycles. The van der Waals surface area contributed by atoms with Gasteiger partial charge in [-0.05, 0) is 12.0 Å². The third-order valence-electron chi connectivity index (χ3n) is 4.21. The molecule has 2 aliphatic rings. The van der Waals surface area contributed by atoms with E-state index in [9.17, 15) is 4.79 Å². The van der Waals surface area contributed by atoms with Crippen LogP contribution in [0.4, 0.5) is 0 Å². The Labute approximate surface area is 143 Å². The lowest BCUT2D eigenvalue weighted by molar-refractivity contribution is -0.135. The summed E-state index contributed by atoms with van der Waals surface area (Å²) in [5, 5.41) is 5.71. The molecule has 24 heavy (non-hydrogen) atoms. The first-order valence-corrected chi connectivity index (χ1v) is 8.24. The number of nitrogens with one attached hydrogen (secondary N) is 1. The molecule has 8 heteroatoms. The zero-order valence-electron chi connectivity index (χ0n) is 12.8. The number of halogens is 1. The molecule has 1 aromatic carbocycles. The van der Waals surface area contributed by atoms with Gasteiger partial charge in [-0.1, -0.05) is 35.5 Å². The summed E-state index contributed by atoms with van der Waals surface area (Å²) in [4.78, 5) is 18.5. The molecular weight excluding hydrogens is 330 g/mol. The van der Waals surface area contributed by atoms with Gasteiger partial charge in [-0.2, -0.15) is 4.98 Å². The minimum Gasteiger partial charge on any atom is -0.338 e. The first-order valence-electron chi connectivity index (χ1n) is 7.70. The van der Waals surface area contributed by atoms with E-state index in [-0.39, 0.29) is 30.4 Å². The molecule has 2 aromatic rings. The second-order valence-corrected chi connectivity index (χ2v) is 6.02. The van der Waals surface area contributed by atoms with E-state index in [1.807, 2.05) is 29.4 Å². The maximum Gasteiger partial charge on any atom is 0.251 e. The summed E-state index contributed by atoms with van der Waals surface area (Å²) in [6.45, 7) is 0.274. The highest BCUT2D eigenvalue weighted by Gasteiger charge is 2.40. The fourth-order valence-corrected chi connectivity index (χ4v) is 3.14. The number of hydrazine groups is 1. The molecule has 1 amide bonds. The van der Waals surface area contributed by atoms with E-state index in [2.05, 4.69) is 27.7 Å². The lowest BCUT2D eigenvalue weighted by Gasteiger charge is -2.31. The van der Waals surface area contributed by atoms with Crippen molar-refractivity contribution in [2.24, 2.45) is 0 Å². The van der Waals surface area contributed by atoms with E-state index in [4.69, 9.17) is 16.1 Å². The Balaban J connectivity index is 1.47. The number of carbonyl (C=O) groups is 1. The van der Waals surface area contributed by atoms with Crippen LogP contribution in [0.15, 0.2) is 47.3 Å². The van der Waals surface area contributed by atoms with Gasteiger partial charge in [0.2, 0.25) is 5.89 Å². The maximum atomic E-state index is 12.7. The Morgan fingerprint density at radius 3 is 2.88 bits per heavy atom. The molecule has 3 heterocycles. The number of carbonyl (C=O) groups excluding carboxylic acids is 1. The summed E-state index contributed by atoms with van der Waals surface area (Å²) < 4.78 is 4.97. The standard InChI is InChI=1S/C16H16ClN5O2/c17-9-15-18-14(20-24-15)10-21-6-7-22-13(16(21)23)8-12(19-22)11-4-2-1-3-5-11/h1-7,12-13,19H,8-10H2. The quantitative estimate of drug-likeness (QED) is 0.854. The Kier molecular flexibility index (Phi) is 3.95. The summed E-state index contributed by atoms with van der Waals surface area (Å²) in [7, 11) is 0. The van der Waals surface area contributed by atoms with Crippen molar-refractivity contribution in [3.63, 3.8) is 0 Å². The van der Waals surface area contributed by atoms with Gasteiger partial charge in [0.05, 0.1) is 12.6 Å². The Bertz CT molecular complexity index is 763. The van der Waals surface area contributed by atoms with Gasteiger partial charge in [0, 0.05) is 12.4 Å². The molecule has 0 aliphatic carbocycles. The summed E-state index contributed by atoms with van der Waals surface area (Å²) in [6.07, 6.45) is 4.32. The molecular formula is C16H16ClN5O2. The van der Waals surface area contributed by atoms with Crippen LogP contribution in [0.5, 0.6) is 0 Å². The lowest BCUT2D eigenvalue weighted by atomic mass is 10.0. The average Bonchev–Trinajstić information content (AvgIpc) is 3.25. The SMILES string of the molecule is O=C1C2CC(c3ccccc3)NN2C=CN1Cc1noc(CCl)n1. The molecule has 1 N–H and O–H groups in total. The van der Waals surface area contributed by atoms with E-state index in [0.29, 0.717) is 18.1 Å². The molecule has 7 nitrogen and oxygen atoms in total. The highest BCUT2D eigenvalue weighted by atomic mass is 35.5. The highest BCUT2D eigenvalue weighted by molar-refractivity contribution is 6.16. The third kappa shape index (κ3) is 2.76. The summed E-state index contributed by atoms with van der Waals surface area (Å²) in [6, 6.07) is 10.0. The first kappa shape index (κ1) is 15.2. The van der Waals surface area contributed by atoms with Crippen LogP contribution in [0.2, 0.25) is 0 Å². The van der Waals surface area contributed by atoms with E-state index < -0.39 is 0 Å². The van der Waals surface area contributed by atoms with Crippen molar-refractivity contribution >= 4 is 17.5 Å². The smallest absolute Gasteiger partial charge is 0.251 e. The molecule has 2 unspecified atom stereocenters. The van der Waals surface area contributed by atoms with E-state index in [1.165, 1.54) is 5.56 Å². The van der Waals surface area contributed by atoms with E-state index >= 15 is 0 Å². The van der Waals surface area contributed by atoms with Crippen molar-refractivity contribution in [2.75, 3.05) is 0 Å². The number of amides is 1. The van der Waals surface area contributed by atoms with Gasteiger partial charge in [-0.25, -0.2) is 5.43 Å². The molecule has 1 saturated heterocycles. The fourth-order valence-electron chi connectivity index (χ4n) is 3.03. The molecule has 0 bridgehead atoms. The average molecular weight is 346 g/mol. The molecule has 124 valence electrons. The second-order valence-electron chi connectivity index (χ2n) is 5.75. The summed E-state index contributed by atoms with van der Waals surface area (Å²) in [5.74, 6) is 0.979. The number of fused-ring (bicyclic) bond motifs is 1. The summed E-state index contributed by atoms with van der Waals surface area (Å²) in [5.41, 5.74) is 4.54. The topological polar surface area (TPSA) is 74.5 Å². The second kappa shape index (κ2) is 6.26. The fraction of sp³-hybridized carbons (Fsp3) is 0.312. The van der Waals surface area contributed by atoms with Crippen molar-refractivity contribution in [1.29, 1.82) is 0 Å². The minimum absolute atomic E-state index is 0.0145. The van der Waals surface area contributed by atoms with Crippen LogP contribution in [0.3, 0.4) is 0 Å². The van der Waals surface area contributed by atoms with Crippen molar-refractivity contribution in [2.45, 2.75) is 30.9 Å². The zero-order valence-corrected chi connectivity index (χ0v) is 13.6. The van der Waals surface area contributed by atoms with Gasteiger partial charge in [0.25, 0.3) is 5.91 Å². The molecule has 0 radical (unpaired) electrons. The Hall–Kier alpha value is -2.38. The van der Waals surface area contributed by atoms with Crippen molar-refractivity contribution in [3.05, 3.63) is 60.0 Å². The number of rotatable bonds is 4. The summed E-state index contributed by atoms with van der Waals surface area (Å²) >= 11 is 5.65. The largest absolute Gasteiger partial charge is 0.338 e.